The summed E-state index contributed by atoms with van der Waals surface area (Å²) >= 11 is 12.3. The number of carbonyl (C=O) groups excluding carboxylic acids is 1. The second-order valence-corrected chi connectivity index (χ2v) is 12.9. The van der Waals surface area contributed by atoms with Gasteiger partial charge in [0.05, 0.1) is 33.8 Å². The lowest BCUT2D eigenvalue weighted by Crippen LogP contribution is -2.54. The van der Waals surface area contributed by atoms with Crippen LogP contribution in [0.5, 0.6) is 5.75 Å². The zero-order chi connectivity index (χ0) is 29.0. The van der Waals surface area contributed by atoms with Gasteiger partial charge in [-0.05, 0) is 62.7 Å². The van der Waals surface area contributed by atoms with Crippen molar-refractivity contribution < 1.29 is 17.9 Å². The summed E-state index contributed by atoms with van der Waals surface area (Å²) in [6.07, 6.45) is 0. The average Bonchev–Trinajstić information content (AvgIpc) is 2.90. The van der Waals surface area contributed by atoms with E-state index in [-0.39, 0.29) is 10.6 Å². The Kier molecular flexibility index (Phi) is 9.51. The van der Waals surface area contributed by atoms with Crippen molar-refractivity contribution in [2.45, 2.75) is 49.5 Å². The minimum absolute atomic E-state index is 0.147. The van der Waals surface area contributed by atoms with Gasteiger partial charge in [0.2, 0.25) is 0 Å². The normalized spacial score (nSPS) is 18.2. The number of amides is 2. The van der Waals surface area contributed by atoms with Gasteiger partial charge in [-0.25, -0.2) is 13.2 Å². The van der Waals surface area contributed by atoms with Gasteiger partial charge >= 0.3 is 6.03 Å². The summed E-state index contributed by atoms with van der Waals surface area (Å²) in [5.41, 5.74) is 2.71. The molecule has 3 N–H and O–H groups in total. The number of carbonyl (C=O) groups is 1. The topological polar surface area (TPSA) is 99.8 Å². The van der Waals surface area contributed by atoms with Crippen molar-refractivity contribution >= 4 is 50.4 Å². The highest BCUT2D eigenvalue weighted by molar-refractivity contribution is 7.90. The van der Waals surface area contributed by atoms with Crippen LogP contribution in [0.4, 0.5) is 16.2 Å². The van der Waals surface area contributed by atoms with E-state index in [1.807, 2.05) is 18.2 Å². The quantitative estimate of drug-likeness (QED) is 0.290. The standard InChI is InChI=1S/C29H34Cl2N4O4S/c1-18-15-35(16-19(2)32-18)23-11-8-21(27(14-23)39-4)17-40(37,38)24-12-9-22(10-13-24)34-29(36)33-20(3)25-6-5-7-26(30)28(25)31/h5-14,18-20,32H,15-17H2,1-4H3,(H2,33,34,36)/t18-,19+,20-/m1/s1. The number of benzene rings is 3. The molecule has 8 nitrogen and oxygen atoms in total. The zero-order valence-corrected chi connectivity index (χ0v) is 25.2. The average molecular weight is 606 g/mol. The van der Waals surface area contributed by atoms with Crippen molar-refractivity contribution in [1.82, 2.24) is 10.6 Å². The van der Waals surface area contributed by atoms with Gasteiger partial charge in [-0.2, -0.15) is 0 Å². The number of methoxy groups -OCH3 is 1. The molecule has 2 amide bonds. The molecule has 0 spiro atoms. The summed E-state index contributed by atoms with van der Waals surface area (Å²) in [7, 11) is -2.12. The molecule has 0 radical (unpaired) electrons. The number of nitrogens with zero attached hydrogens (tertiary/aromatic N) is 1. The highest BCUT2D eigenvalue weighted by Crippen LogP contribution is 2.31. The molecule has 3 aromatic carbocycles. The van der Waals surface area contributed by atoms with Gasteiger partial charge in [-0.3, -0.25) is 0 Å². The molecular formula is C29H34Cl2N4O4S. The van der Waals surface area contributed by atoms with Crippen LogP contribution >= 0.6 is 23.2 Å². The number of hydrogen-bond acceptors (Lipinski definition) is 6. The fourth-order valence-electron chi connectivity index (χ4n) is 4.92. The van der Waals surface area contributed by atoms with Gasteiger partial charge in [0.25, 0.3) is 0 Å². The van der Waals surface area contributed by atoms with Crippen molar-refractivity contribution in [2.75, 3.05) is 30.4 Å². The maximum Gasteiger partial charge on any atom is 0.319 e. The van der Waals surface area contributed by atoms with Gasteiger partial charge < -0.3 is 25.6 Å². The summed E-state index contributed by atoms with van der Waals surface area (Å²) in [4.78, 5) is 14.9. The zero-order valence-electron chi connectivity index (χ0n) is 22.9. The molecule has 0 aliphatic carbocycles. The Morgan fingerprint density at radius 1 is 1.07 bits per heavy atom. The fraction of sp³-hybridized carbons (Fsp3) is 0.345. The van der Waals surface area contributed by atoms with E-state index in [0.717, 1.165) is 18.8 Å². The molecular weight excluding hydrogens is 571 g/mol. The number of piperazine rings is 1. The van der Waals surface area contributed by atoms with E-state index in [2.05, 4.69) is 34.7 Å². The molecule has 0 saturated carbocycles. The molecule has 0 bridgehead atoms. The van der Waals surface area contributed by atoms with Gasteiger partial charge in [-0.1, -0.05) is 41.4 Å². The lowest BCUT2D eigenvalue weighted by atomic mass is 10.1. The Bertz CT molecular complexity index is 1460. The van der Waals surface area contributed by atoms with Gasteiger partial charge in [-0.15, -0.1) is 0 Å². The lowest BCUT2D eigenvalue weighted by Gasteiger charge is -2.37. The number of halogens is 2. The third kappa shape index (κ3) is 7.20. The number of rotatable bonds is 8. The summed E-state index contributed by atoms with van der Waals surface area (Å²) < 4.78 is 32.1. The molecule has 3 aromatic rings. The third-order valence-corrected chi connectivity index (χ3v) is 9.32. The van der Waals surface area contributed by atoms with E-state index in [1.165, 1.54) is 12.1 Å². The van der Waals surface area contributed by atoms with Crippen LogP contribution < -0.4 is 25.6 Å². The van der Waals surface area contributed by atoms with E-state index in [4.69, 9.17) is 27.9 Å². The summed E-state index contributed by atoms with van der Waals surface area (Å²) in [5, 5.41) is 9.82. The number of anilines is 2. The largest absolute Gasteiger partial charge is 0.496 e. The Balaban J connectivity index is 1.41. The molecule has 1 aliphatic heterocycles. The first-order chi connectivity index (χ1) is 19.0. The highest BCUT2D eigenvalue weighted by atomic mass is 35.5. The van der Waals surface area contributed by atoms with E-state index in [9.17, 15) is 13.2 Å². The molecule has 1 heterocycles. The van der Waals surface area contributed by atoms with Crippen LogP contribution in [0, 0.1) is 0 Å². The van der Waals surface area contributed by atoms with Crippen molar-refractivity contribution in [3.63, 3.8) is 0 Å². The SMILES string of the molecule is COc1cc(N2C[C@@H](C)N[C@@H](C)C2)ccc1CS(=O)(=O)c1ccc(NC(=O)N[C@H](C)c2cccc(Cl)c2Cl)cc1. The van der Waals surface area contributed by atoms with Gasteiger partial charge in [0.15, 0.2) is 9.84 Å². The Morgan fingerprint density at radius 2 is 1.75 bits per heavy atom. The Labute approximate surface area is 245 Å². The van der Waals surface area contributed by atoms with Gasteiger partial charge in [0, 0.05) is 48.2 Å². The molecule has 4 rings (SSSR count). The van der Waals surface area contributed by atoms with Crippen molar-refractivity contribution in [2.24, 2.45) is 0 Å². The number of sulfone groups is 1. The number of ether oxygens (including phenoxy) is 1. The molecule has 11 heteroatoms. The maximum absolute atomic E-state index is 13.2. The third-order valence-electron chi connectivity index (χ3n) is 6.81. The van der Waals surface area contributed by atoms with Gasteiger partial charge in [0.1, 0.15) is 5.75 Å². The number of hydrogen-bond donors (Lipinski definition) is 3. The number of urea groups is 1. The van der Waals surface area contributed by atoms with Crippen LogP contribution in [-0.2, 0) is 15.6 Å². The van der Waals surface area contributed by atoms with E-state index < -0.39 is 21.9 Å². The van der Waals surface area contributed by atoms with Crippen LogP contribution in [0.3, 0.4) is 0 Å². The summed E-state index contributed by atoms with van der Waals surface area (Å²) in [6.45, 7) is 7.80. The highest BCUT2D eigenvalue weighted by Gasteiger charge is 2.23. The predicted molar refractivity (Wildman–Crippen MR) is 162 cm³/mol. The minimum Gasteiger partial charge on any atom is -0.496 e. The van der Waals surface area contributed by atoms with E-state index in [0.29, 0.717) is 44.7 Å². The molecule has 0 aromatic heterocycles. The summed E-state index contributed by atoms with van der Waals surface area (Å²) in [5.74, 6) is 0.319. The number of nitrogens with one attached hydrogen (secondary N) is 3. The molecule has 1 saturated heterocycles. The van der Waals surface area contributed by atoms with Crippen molar-refractivity contribution in [3.05, 3.63) is 81.8 Å². The molecule has 1 fully saturated rings. The first-order valence-electron chi connectivity index (χ1n) is 13.0. The Hall–Kier alpha value is -2.98. The molecule has 1 aliphatic rings. The van der Waals surface area contributed by atoms with Crippen LogP contribution in [0.25, 0.3) is 0 Å². The minimum atomic E-state index is -3.67. The smallest absolute Gasteiger partial charge is 0.319 e. The summed E-state index contributed by atoms with van der Waals surface area (Å²) in [6, 6.07) is 16.8. The maximum atomic E-state index is 13.2. The monoisotopic (exact) mass is 604 g/mol. The fourth-order valence-corrected chi connectivity index (χ4v) is 6.75. The van der Waals surface area contributed by atoms with Crippen molar-refractivity contribution in [1.29, 1.82) is 0 Å². The van der Waals surface area contributed by atoms with Crippen LogP contribution in [0.15, 0.2) is 65.6 Å². The van der Waals surface area contributed by atoms with Crippen molar-refractivity contribution in [3.8, 4) is 5.75 Å². The first kappa shape index (κ1) is 30.0. The van der Waals surface area contributed by atoms with E-state index in [1.54, 1.807) is 44.4 Å². The second kappa shape index (κ2) is 12.7. The molecule has 40 heavy (non-hydrogen) atoms. The van der Waals surface area contributed by atoms with Crippen LogP contribution in [0.2, 0.25) is 10.0 Å². The van der Waals surface area contributed by atoms with E-state index >= 15 is 0 Å². The Morgan fingerprint density at radius 3 is 2.40 bits per heavy atom. The lowest BCUT2D eigenvalue weighted by molar-refractivity contribution is 0.249. The molecule has 214 valence electrons. The predicted octanol–water partition coefficient (Wildman–Crippen LogP) is 6.05. The first-order valence-corrected chi connectivity index (χ1v) is 15.4. The molecule has 3 atom stereocenters. The second-order valence-electron chi connectivity index (χ2n) is 10.1. The molecule has 0 unspecified atom stereocenters. The van der Waals surface area contributed by atoms with Crippen LogP contribution in [-0.4, -0.2) is 46.7 Å². The van der Waals surface area contributed by atoms with Crippen LogP contribution in [0.1, 0.15) is 37.9 Å².